The lowest BCUT2D eigenvalue weighted by atomic mass is 10.0. The summed E-state index contributed by atoms with van der Waals surface area (Å²) < 4.78 is 1.46. The van der Waals surface area contributed by atoms with Crippen LogP contribution in [0.25, 0.3) is 0 Å². The topological polar surface area (TPSA) is 92.9 Å². The van der Waals surface area contributed by atoms with E-state index < -0.39 is 6.04 Å². The van der Waals surface area contributed by atoms with E-state index in [0.29, 0.717) is 6.42 Å². The van der Waals surface area contributed by atoms with Gasteiger partial charge in [0.1, 0.15) is 12.4 Å². The fourth-order valence-electron chi connectivity index (χ4n) is 2.08. The van der Waals surface area contributed by atoms with Crippen LogP contribution in [0.3, 0.4) is 0 Å². The second kappa shape index (κ2) is 7.65. The van der Waals surface area contributed by atoms with Crippen LogP contribution in [0.1, 0.15) is 25.5 Å². The van der Waals surface area contributed by atoms with Crippen molar-refractivity contribution in [3.63, 3.8) is 0 Å². The molecule has 2 N–H and O–H groups in total. The summed E-state index contributed by atoms with van der Waals surface area (Å²) in [6.07, 6.45) is 1.94. The van der Waals surface area contributed by atoms with Crippen molar-refractivity contribution in [3.05, 3.63) is 42.2 Å². The van der Waals surface area contributed by atoms with Crippen LogP contribution in [0.4, 0.5) is 0 Å². The molecule has 7 nitrogen and oxygen atoms in total. The van der Waals surface area contributed by atoms with Crippen molar-refractivity contribution in [3.8, 4) is 0 Å². The van der Waals surface area contributed by atoms with Crippen LogP contribution in [0.5, 0.6) is 0 Å². The second-order valence-corrected chi connectivity index (χ2v) is 5.45. The minimum atomic E-state index is -0.522. The Bertz CT molecular complexity index is 573. The molecule has 3 atom stereocenters. The summed E-state index contributed by atoms with van der Waals surface area (Å²) in [5.74, 6) is -0.181. The van der Waals surface area contributed by atoms with Gasteiger partial charge in [-0.2, -0.15) is 0 Å². The van der Waals surface area contributed by atoms with Gasteiger partial charge < -0.3 is 10.4 Å². The molecule has 2 aromatic rings. The van der Waals surface area contributed by atoms with Gasteiger partial charge in [-0.1, -0.05) is 37.3 Å². The zero-order valence-electron chi connectivity index (χ0n) is 12.8. The molecule has 0 saturated heterocycles. The molecule has 3 unspecified atom stereocenters. The number of nitrogens with zero attached hydrogens (tertiary/aromatic N) is 4. The van der Waals surface area contributed by atoms with Gasteiger partial charge in [-0.15, -0.1) is 5.10 Å². The summed E-state index contributed by atoms with van der Waals surface area (Å²) in [6.45, 7) is 3.78. The Kier molecular flexibility index (Phi) is 5.60. The van der Waals surface area contributed by atoms with Crippen molar-refractivity contribution in [1.29, 1.82) is 0 Å². The highest BCUT2D eigenvalue weighted by atomic mass is 16.3. The van der Waals surface area contributed by atoms with Gasteiger partial charge in [-0.25, -0.2) is 4.68 Å². The predicted molar refractivity (Wildman–Crippen MR) is 80.9 cm³/mol. The number of amides is 1. The predicted octanol–water partition coefficient (Wildman–Crippen LogP) is 0.590. The third-order valence-electron chi connectivity index (χ3n) is 3.77. The van der Waals surface area contributed by atoms with E-state index in [9.17, 15) is 9.90 Å². The molecule has 7 heteroatoms. The highest BCUT2D eigenvalue weighted by Crippen LogP contribution is 2.14. The van der Waals surface area contributed by atoms with Gasteiger partial charge in [0.15, 0.2) is 0 Å². The number of benzene rings is 1. The molecule has 1 amide bonds. The van der Waals surface area contributed by atoms with Crippen LogP contribution in [-0.2, 0) is 11.2 Å². The third-order valence-corrected chi connectivity index (χ3v) is 3.77. The zero-order chi connectivity index (χ0) is 15.9. The van der Waals surface area contributed by atoms with Gasteiger partial charge >= 0.3 is 0 Å². The summed E-state index contributed by atoms with van der Waals surface area (Å²) in [5.41, 5.74) is 1.03. The Labute approximate surface area is 129 Å². The minimum Gasteiger partial charge on any atom is -0.396 e. The summed E-state index contributed by atoms with van der Waals surface area (Å²) in [5, 5.41) is 23.2. The smallest absolute Gasteiger partial charge is 0.245 e. The molecule has 0 radical (unpaired) electrons. The van der Waals surface area contributed by atoms with Crippen molar-refractivity contribution in [2.75, 3.05) is 6.61 Å². The maximum Gasteiger partial charge on any atom is 0.245 e. The van der Waals surface area contributed by atoms with Gasteiger partial charge in [-0.05, 0) is 28.8 Å². The number of rotatable bonds is 7. The maximum atomic E-state index is 12.6. The molecule has 0 aliphatic rings. The third kappa shape index (κ3) is 4.11. The first-order valence-corrected chi connectivity index (χ1v) is 7.29. The number of hydrogen-bond acceptors (Lipinski definition) is 5. The SMILES string of the molecule is CC(CO)C(C)NC(=O)C(Cc1ccccc1)n1cnnn1. The lowest BCUT2D eigenvalue weighted by Gasteiger charge is -2.23. The van der Waals surface area contributed by atoms with E-state index in [2.05, 4.69) is 20.8 Å². The Morgan fingerprint density at radius 3 is 2.64 bits per heavy atom. The van der Waals surface area contributed by atoms with Gasteiger partial charge in [0, 0.05) is 19.1 Å². The number of aliphatic hydroxyl groups excluding tert-OH is 1. The molecule has 0 fully saturated rings. The second-order valence-electron chi connectivity index (χ2n) is 5.45. The summed E-state index contributed by atoms with van der Waals surface area (Å²) >= 11 is 0. The summed E-state index contributed by atoms with van der Waals surface area (Å²) in [7, 11) is 0. The quantitative estimate of drug-likeness (QED) is 0.781. The number of tetrazole rings is 1. The molecule has 1 heterocycles. The molecule has 0 saturated carbocycles. The molecular weight excluding hydrogens is 282 g/mol. The number of hydrogen-bond donors (Lipinski definition) is 2. The minimum absolute atomic E-state index is 0.0183. The van der Waals surface area contributed by atoms with E-state index in [0.717, 1.165) is 5.56 Å². The first kappa shape index (κ1) is 16.1. The van der Waals surface area contributed by atoms with E-state index in [1.165, 1.54) is 11.0 Å². The Hall–Kier alpha value is -2.28. The fraction of sp³-hybridized carbons (Fsp3) is 0.467. The van der Waals surface area contributed by atoms with Gasteiger partial charge in [0.2, 0.25) is 5.91 Å². The molecule has 1 aromatic carbocycles. The Morgan fingerprint density at radius 2 is 2.05 bits per heavy atom. The van der Waals surface area contributed by atoms with E-state index >= 15 is 0 Å². The molecule has 118 valence electrons. The van der Waals surface area contributed by atoms with Crippen LogP contribution in [0.15, 0.2) is 36.7 Å². The number of nitrogens with one attached hydrogen (secondary N) is 1. The molecule has 0 aliphatic carbocycles. The monoisotopic (exact) mass is 303 g/mol. The molecule has 1 aromatic heterocycles. The van der Waals surface area contributed by atoms with Crippen LogP contribution in [0.2, 0.25) is 0 Å². The molecule has 0 aliphatic heterocycles. The Morgan fingerprint density at radius 1 is 1.32 bits per heavy atom. The molecule has 22 heavy (non-hydrogen) atoms. The van der Waals surface area contributed by atoms with Gasteiger partial charge in [-0.3, -0.25) is 4.79 Å². The zero-order valence-corrected chi connectivity index (χ0v) is 12.8. The molecule has 0 spiro atoms. The summed E-state index contributed by atoms with van der Waals surface area (Å²) in [4.78, 5) is 12.6. The van der Waals surface area contributed by atoms with Crippen molar-refractivity contribution in [2.24, 2.45) is 5.92 Å². The standard InChI is InChI=1S/C15H21N5O2/c1-11(9-21)12(2)17-15(22)14(20-10-16-18-19-20)8-13-6-4-3-5-7-13/h3-7,10-12,14,21H,8-9H2,1-2H3,(H,17,22). The lowest BCUT2D eigenvalue weighted by Crippen LogP contribution is -2.43. The van der Waals surface area contributed by atoms with Crippen molar-refractivity contribution in [1.82, 2.24) is 25.5 Å². The van der Waals surface area contributed by atoms with Gasteiger partial charge in [0.25, 0.3) is 0 Å². The van der Waals surface area contributed by atoms with Crippen LogP contribution in [-0.4, -0.2) is 43.9 Å². The highest BCUT2D eigenvalue weighted by molar-refractivity contribution is 5.80. The average molecular weight is 303 g/mol. The van der Waals surface area contributed by atoms with Crippen LogP contribution in [0, 0.1) is 5.92 Å². The van der Waals surface area contributed by atoms with E-state index in [4.69, 9.17) is 0 Å². The number of aromatic nitrogens is 4. The van der Waals surface area contributed by atoms with Crippen LogP contribution < -0.4 is 5.32 Å². The number of carbonyl (C=O) groups is 1. The number of aliphatic hydroxyl groups is 1. The normalized spacial score (nSPS) is 15.0. The Balaban J connectivity index is 2.13. The molecule has 2 rings (SSSR count). The fourth-order valence-corrected chi connectivity index (χ4v) is 2.08. The number of carbonyl (C=O) groups excluding carboxylic acids is 1. The first-order chi connectivity index (χ1) is 10.6. The van der Waals surface area contributed by atoms with Crippen molar-refractivity contribution >= 4 is 5.91 Å². The highest BCUT2D eigenvalue weighted by Gasteiger charge is 2.24. The van der Waals surface area contributed by atoms with E-state index in [-0.39, 0.29) is 24.5 Å². The van der Waals surface area contributed by atoms with Crippen molar-refractivity contribution in [2.45, 2.75) is 32.4 Å². The van der Waals surface area contributed by atoms with E-state index in [1.807, 2.05) is 44.2 Å². The summed E-state index contributed by atoms with van der Waals surface area (Å²) in [6, 6.07) is 9.06. The average Bonchev–Trinajstić information content (AvgIpc) is 3.06. The largest absolute Gasteiger partial charge is 0.396 e. The van der Waals surface area contributed by atoms with Crippen molar-refractivity contribution < 1.29 is 9.90 Å². The van der Waals surface area contributed by atoms with Gasteiger partial charge in [0.05, 0.1) is 0 Å². The van der Waals surface area contributed by atoms with E-state index in [1.54, 1.807) is 0 Å². The lowest BCUT2D eigenvalue weighted by molar-refractivity contribution is -0.125. The first-order valence-electron chi connectivity index (χ1n) is 7.29. The molecular formula is C15H21N5O2. The van der Waals surface area contributed by atoms with Crippen LogP contribution >= 0.6 is 0 Å². The molecule has 0 bridgehead atoms. The maximum absolute atomic E-state index is 12.6.